The fourth-order valence-electron chi connectivity index (χ4n) is 2.67. The molecular formula is C18H25N3O4. The van der Waals surface area contributed by atoms with Crippen LogP contribution in [0.2, 0.25) is 0 Å². The Labute approximate surface area is 147 Å². The molecule has 0 spiro atoms. The number of imide groups is 1. The molecule has 7 nitrogen and oxygen atoms in total. The molecule has 2 unspecified atom stereocenters. The van der Waals surface area contributed by atoms with Crippen molar-refractivity contribution in [1.82, 2.24) is 15.5 Å². The number of amides is 4. The van der Waals surface area contributed by atoms with E-state index in [0.29, 0.717) is 0 Å². The fourth-order valence-corrected chi connectivity index (χ4v) is 2.67. The second-order valence-corrected chi connectivity index (χ2v) is 6.55. The summed E-state index contributed by atoms with van der Waals surface area (Å²) < 4.78 is 0. The number of carbonyl (C=O) groups excluding carboxylic acids is 3. The van der Waals surface area contributed by atoms with Crippen molar-refractivity contribution < 1.29 is 19.5 Å². The van der Waals surface area contributed by atoms with Gasteiger partial charge in [0.25, 0.3) is 5.91 Å². The summed E-state index contributed by atoms with van der Waals surface area (Å²) in [6.45, 7) is 3.90. The van der Waals surface area contributed by atoms with Crippen LogP contribution in [0.5, 0.6) is 0 Å². The van der Waals surface area contributed by atoms with E-state index in [-0.39, 0.29) is 49.8 Å². The summed E-state index contributed by atoms with van der Waals surface area (Å²) in [5.41, 5.74) is 0.868. The van der Waals surface area contributed by atoms with Crippen LogP contribution in [0.1, 0.15) is 32.3 Å². The summed E-state index contributed by atoms with van der Waals surface area (Å²) >= 11 is 0. The summed E-state index contributed by atoms with van der Waals surface area (Å²) in [6.07, 6.45) is 0.344. The van der Waals surface area contributed by atoms with Gasteiger partial charge in [0.15, 0.2) is 0 Å². The van der Waals surface area contributed by atoms with Gasteiger partial charge in [-0.25, -0.2) is 4.79 Å². The van der Waals surface area contributed by atoms with Gasteiger partial charge in [0, 0.05) is 6.42 Å². The normalized spacial score (nSPS) is 18.4. The number of rotatable bonds is 8. The number of nitrogens with zero attached hydrogens (tertiary/aromatic N) is 1. The average molecular weight is 347 g/mol. The lowest BCUT2D eigenvalue weighted by Gasteiger charge is -2.20. The second-order valence-electron chi connectivity index (χ2n) is 6.55. The molecule has 0 aliphatic carbocycles. The van der Waals surface area contributed by atoms with Gasteiger partial charge in [-0.05, 0) is 17.9 Å². The third-order valence-corrected chi connectivity index (χ3v) is 4.30. The number of urea groups is 1. The topological polar surface area (TPSA) is 98.7 Å². The minimum absolute atomic E-state index is 0.110. The highest BCUT2D eigenvalue weighted by atomic mass is 16.3. The van der Waals surface area contributed by atoms with E-state index >= 15 is 0 Å². The molecule has 0 aromatic heterocycles. The Morgan fingerprint density at radius 1 is 1.28 bits per heavy atom. The molecule has 7 heteroatoms. The standard InChI is InChI=1S/C18H25N3O4/c1-12(2)15(11-22)19-16(23)9-8-14-17(24)21(18(25)20-14)10-13-6-4-3-5-7-13/h3-7,12,14-15,22H,8-11H2,1-2H3,(H,19,23)(H,20,25). The average Bonchev–Trinajstić information content (AvgIpc) is 2.86. The molecule has 1 aromatic carbocycles. The molecule has 136 valence electrons. The van der Waals surface area contributed by atoms with Crippen molar-refractivity contribution in [3.05, 3.63) is 35.9 Å². The Hall–Kier alpha value is -2.41. The third-order valence-electron chi connectivity index (χ3n) is 4.30. The zero-order valence-electron chi connectivity index (χ0n) is 14.6. The van der Waals surface area contributed by atoms with E-state index in [2.05, 4.69) is 10.6 Å². The van der Waals surface area contributed by atoms with Crippen LogP contribution in [0.3, 0.4) is 0 Å². The molecule has 1 aliphatic rings. The van der Waals surface area contributed by atoms with Crippen molar-refractivity contribution in [3.8, 4) is 0 Å². The molecule has 0 bridgehead atoms. The Morgan fingerprint density at radius 3 is 2.56 bits per heavy atom. The first-order chi connectivity index (χ1) is 11.9. The number of aliphatic hydroxyl groups excluding tert-OH is 1. The SMILES string of the molecule is CC(C)C(CO)NC(=O)CCC1NC(=O)N(Cc2ccccc2)C1=O. The fraction of sp³-hybridized carbons (Fsp3) is 0.500. The first-order valence-corrected chi connectivity index (χ1v) is 8.48. The van der Waals surface area contributed by atoms with Gasteiger partial charge in [-0.15, -0.1) is 0 Å². The maximum atomic E-state index is 12.4. The lowest BCUT2D eigenvalue weighted by Crippen LogP contribution is -2.42. The van der Waals surface area contributed by atoms with Crippen molar-refractivity contribution in [2.75, 3.05) is 6.61 Å². The van der Waals surface area contributed by atoms with Gasteiger partial charge in [-0.3, -0.25) is 14.5 Å². The predicted octanol–water partition coefficient (Wildman–Crippen LogP) is 1.02. The van der Waals surface area contributed by atoms with Crippen LogP contribution in [-0.2, 0) is 16.1 Å². The summed E-state index contributed by atoms with van der Waals surface area (Å²) in [6, 6.07) is 7.83. The smallest absolute Gasteiger partial charge is 0.325 e. The zero-order valence-corrected chi connectivity index (χ0v) is 14.6. The molecule has 1 fully saturated rings. The van der Waals surface area contributed by atoms with E-state index in [1.54, 1.807) is 0 Å². The maximum Gasteiger partial charge on any atom is 0.325 e. The highest BCUT2D eigenvalue weighted by Crippen LogP contribution is 2.15. The highest BCUT2D eigenvalue weighted by Gasteiger charge is 2.37. The molecular weight excluding hydrogens is 322 g/mol. The molecule has 1 aromatic rings. The minimum atomic E-state index is -0.686. The molecule has 1 heterocycles. The van der Waals surface area contributed by atoms with Crippen molar-refractivity contribution in [2.45, 2.75) is 45.3 Å². The lowest BCUT2D eigenvalue weighted by molar-refractivity contribution is -0.128. The number of hydrogen-bond donors (Lipinski definition) is 3. The number of nitrogens with one attached hydrogen (secondary N) is 2. The molecule has 1 aliphatic heterocycles. The summed E-state index contributed by atoms with van der Waals surface area (Å²) in [4.78, 5) is 37.6. The molecule has 2 rings (SSSR count). The number of aliphatic hydroxyl groups is 1. The van der Waals surface area contributed by atoms with Crippen LogP contribution in [-0.4, -0.2) is 46.5 Å². The van der Waals surface area contributed by atoms with Crippen LogP contribution in [0.4, 0.5) is 4.79 Å². The summed E-state index contributed by atoms with van der Waals surface area (Å²) in [5.74, 6) is -0.441. The van der Waals surface area contributed by atoms with E-state index in [9.17, 15) is 19.5 Å². The monoisotopic (exact) mass is 347 g/mol. The van der Waals surface area contributed by atoms with Gasteiger partial charge in [0.05, 0.1) is 19.2 Å². The number of benzene rings is 1. The van der Waals surface area contributed by atoms with E-state index < -0.39 is 12.1 Å². The maximum absolute atomic E-state index is 12.4. The number of hydrogen-bond acceptors (Lipinski definition) is 4. The zero-order chi connectivity index (χ0) is 18.4. The molecule has 0 radical (unpaired) electrons. The van der Waals surface area contributed by atoms with Crippen molar-refractivity contribution in [3.63, 3.8) is 0 Å². The predicted molar refractivity (Wildman–Crippen MR) is 92.4 cm³/mol. The Morgan fingerprint density at radius 2 is 1.96 bits per heavy atom. The van der Waals surface area contributed by atoms with E-state index in [1.807, 2.05) is 44.2 Å². The van der Waals surface area contributed by atoms with Crippen LogP contribution in [0.25, 0.3) is 0 Å². The Balaban J connectivity index is 1.86. The van der Waals surface area contributed by atoms with Gasteiger partial charge in [0.1, 0.15) is 6.04 Å². The van der Waals surface area contributed by atoms with Gasteiger partial charge in [0.2, 0.25) is 5.91 Å². The first-order valence-electron chi connectivity index (χ1n) is 8.48. The molecule has 25 heavy (non-hydrogen) atoms. The van der Waals surface area contributed by atoms with E-state index in [1.165, 1.54) is 4.90 Å². The van der Waals surface area contributed by atoms with Gasteiger partial charge in [-0.1, -0.05) is 44.2 Å². The van der Waals surface area contributed by atoms with Gasteiger partial charge < -0.3 is 15.7 Å². The second kappa shape index (κ2) is 8.62. The Bertz CT molecular complexity index is 618. The van der Waals surface area contributed by atoms with Crippen LogP contribution in [0, 0.1) is 5.92 Å². The highest BCUT2D eigenvalue weighted by molar-refractivity contribution is 6.04. The molecule has 1 saturated heterocycles. The quantitative estimate of drug-likeness (QED) is 0.612. The van der Waals surface area contributed by atoms with Crippen LogP contribution >= 0.6 is 0 Å². The lowest BCUT2D eigenvalue weighted by atomic mass is 10.0. The van der Waals surface area contributed by atoms with Crippen molar-refractivity contribution in [2.24, 2.45) is 5.92 Å². The van der Waals surface area contributed by atoms with Crippen molar-refractivity contribution >= 4 is 17.8 Å². The minimum Gasteiger partial charge on any atom is -0.394 e. The first kappa shape index (κ1) is 18.9. The van der Waals surface area contributed by atoms with E-state index in [4.69, 9.17) is 0 Å². The molecule has 0 saturated carbocycles. The Kier molecular flexibility index (Phi) is 6.52. The van der Waals surface area contributed by atoms with Crippen LogP contribution < -0.4 is 10.6 Å². The summed E-state index contributed by atoms with van der Waals surface area (Å²) in [7, 11) is 0. The third kappa shape index (κ3) is 5.03. The van der Waals surface area contributed by atoms with Gasteiger partial charge in [-0.2, -0.15) is 0 Å². The van der Waals surface area contributed by atoms with Gasteiger partial charge >= 0.3 is 6.03 Å². The van der Waals surface area contributed by atoms with Crippen molar-refractivity contribution in [1.29, 1.82) is 0 Å². The van der Waals surface area contributed by atoms with E-state index in [0.717, 1.165) is 5.56 Å². The van der Waals surface area contributed by atoms with Crippen LogP contribution in [0.15, 0.2) is 30.3 Å². The molecule has 2 atom stereocenters. The number of carbonyl (C=O) groups is 3. The summed E-state index contributed by atoms with van der Waals surface area (Å²) in [5, 5.41) is 14.6. The molecule has 4 amide bonds. The molecule has 3 N–H and O–H groups in total. The largest absolute Gasteiger partial charge is 0.394 e.